The van der Waals surface area contributed by atoms with Crippen LogP contribution in [0.2, 0.25) is 0 Å². The Morgan fingerprint density at radius 3 is 2.71 bits per heavy atom. The molecule has 1 fully saturated rings. The van der Waals surface area contributed by atoms with Crippen LogP contribution in [-0.4, -0.2) is 10.9 Å². The molecule has 1 unspecified atom stereocenters. The van der Waals surface area contributed by atoms with Gasteiger partial charge in [0, 0.05) is 5.92 Å². The van der Waals surface area contributed by atoms with Crippen molar-refractivity contribution in [3.8, 4) is 0 Å². The molecule has 2 heteroatoms. The van der Waals surface area contributed by atoms with E-state index in [1.807, 2.05) is 0 Å². The summed E-state index contributed by atoms with van der Waals surface area (Å²) in [6, 6.07) is 0. The van der Waals surface area contributed by atoms with Gasteiger partial charge in [-0.1, -0.05) is 20.3 Å². The van der Waals surface area contributed by atoms with Crippen LogP contribution in [0.1, 0.15) is 52.4 Å². The van der Waals surface area contributed by atoms with Crippen molar-refractivity contribution in [2.45, 2.75) is 52.4 Å². The van der Waals surface area contributed by atoms with E-state index in [2.05, 4.69) is 19.6 Å². The SMILES string of the molecule is CCC(=C=C1C(=O)C(O)=C2CCCCC12)CC. The fraction of sp³-hybridized carbons (Fsp3) is 0.600. The van der Waals surface area contributed by atoms with Crippen LogP contribution < -0.4 is 0 Å². The zero-order valence-corrected chi connectivity index (χ0v) is 10.7. The number of aliphatic hydroxyl groups excluding tert-OH is 1. The number of hydrogen-bond donors (Lipinski definition) is 1. The highest BCUT2D eigenvalue weighted by Gasteiger charge is 2.38. The molecule has 0 aliphatic heterocycles. The van der Waals surface area contributed by atoms with Gasteiger partial charge in [-0.2, -0.15) is 0 Å². The van der Waals surface area contributed by atoms with E-state index >= 15 is 0 Å². The summed E-state index contributed by atoms with van der Waals surface area (Å²) in [6.07, 6.45) is 5.96. The molecule has 2 rings (SSSR count). The zero-order chi connectivity index (χ0) is 12.4. The maximum Gasteiger partial charge on any atom is 0.231 e. The molecule has 1 N–H and O–H groups in total. The molecule has 0 amide bonds. The molecule has 1 atom stereocenters. The number of ketones is 1. The van der Waals surface area contributed by atoms with Crippen molar-refractivity contribution >= 4 is 5.78 Å². The second-order valence-electron chi connectivity index (χ2n) is 4.85. The first-order chi connectivity index (χ1) is 8.19. The minimum atomic E-state index is -0.175. The first-order valence-corrected chi connectivity index (χ1v) is 6.64. The first-order valence-electron chi connectivity index (χ1n) is 6.64. The minimum Gasteiger partial charge on any atom is -0.504 e. The maximum atomic E-state index is 12.0. The van der Waals surface area contributed by atoms with Crippen molar-refractivity contribution in [2.24, 2.45) is 5.92 Å². The number of rotatable bonds is 2. The van der Waals surface area contributed by atoms with Gasteiger partial charge in [-0.05, 0) is 43.3 Å². The van der Waals surface area contributed by atoms with Crippen LogP contribution in [0.4, 0.5) is 0 Å². The number of fused-ring (bicyclic) bond motifs is 1. The lowest BCUT2D eigenvalue weighted by Gasteiger charge is -2.19. The molecule has 0 aromatic carbocycles. The van der Waals surface area contributed by atoms with E-state index in [-0.39, 0.29) is 17.5 Å². The lowest BCUT2D eigenvalue weighted by atomic mass is 9.83. The summed E-state index contributed by atoms with van der Waals surface area (Å²) >= 11 is 0. The molecular weight excluding hydrogens is 212 g/mol. The van der Waals surface area contributed by atoms with Gasteiger partial charge in [0.1, 0.15) is 0 Å². The molecule has 0 aromatic heterocycles. The van der Waals surface area contributed by atoms with Crippen molar-refractivity contribution in [1.82, 2.24) is 0 Å². The van der Waals surface area contributed by atoms with E-state index in [9.17, 15) is 9.90 Å². The molecule has 0 saturated heterocycles. The second-order valence-corrected chi connectivity index (χ2v) is 4.85. The van der Waals surface area contributed by atoms with E-state index in [0.29, 0.717) is 0 Å². The van der Waals surface area contributed by atoms with Crippen LogP contribution in [0, 0.1) is 5.92 Å². The highest BCUT2D eigenvalue weighted by Crippen LogP contribution is 2.42. The van der Waals surface area contributed by atoms with Gasteiger partial charge in [0.2, 0.25) is 5.78 Å². The Hall–Kier alpha value is -1.27. The Bertz CT molecular complexity index is 428. The summed E-state index contributed by atoms with van der Waals surface area (Å²) in [7, 11) is 0. The summed E-state index contributed by atoms with van der Waals surface area (Å²) in [4.78, 5) is 12.0. The Kier molecular flexibility index (Phi) is 3.54. The Morgan fingerprint density at radius 1 is 1.35 bits per heavy atom. The number of Topliss-reactive ketones (excluding diaryl/α,β-unsaturated/α-hetero) is 1. The monoisotopic (exact) mass is 232 g/mol. The molecule has 2 aliphatic rings. The molecular formula is C15H20O2. The van der Waals surface area contributed by atoms with Gasteiger partial charge in [-0.15, -0.1) is 5.73 Å². The Labute approximate surface area is 103 Å². The molecule has 92 valence electrons. The topological polar surface area (TPSA) is 37.3 Å². The van der Waals surface area contributed by atoms with Crippen LogP contribution in [0.15, 0.2) is 28.2 Å². The van der Waals surface area contributed by atoms with Gasteiger partial charge in [0.15, 0.2) is 5.76 Å². The smallest absolute Gasteiger partial charge is 0.231 e. The summed E-state index contributed by atoms with van der Waals surface area (Å²) < 4.78 is 0. The highest BCUT2D eigenvalue weighted by molar-refractivity contribution is 6.10. The predicted molar refractivity (Wildman–Crippen MR) is 67.7 cm³/mol. The molecule has 0 aromatic rings. The first kappa shape index (κ1) is 12.2. The number of aliphatic hydroxyl groups is 1. The molecule has 17 heavy (non-hydrogen) atoms. The maximum absolute atomic E-state index is 12.0. The molecule has 0 heterocycles. The third-order valence-corrected chi connectivity index (χ3v) is 3.89. The van der Waals surface area contributed by atoms with Gasteiger partial charge >= 0.3 is 0 Å². The predicted octanol–water partition coefficient (Wildman–Crippen LogP) is 3.84. The molecule has 0 spiro atoms. The summed E-state index contributed by atoms with van der Waals surface area (Å²) in [6.45, 7) is 4.17. The second kappa shape index (κ2) is 4.93. The average molecular weight is 232 g/mol. The van der Waals surface area contributed by atoms with Crippen molar-refractivity contribution in [3.63, 3.8) is 0 Å². The van der Waals surface area contributed by atoms with Crippen LogP contribution >= 0.6 is 0 Å². The quantitative estimate of drug-likeness (QED) is 0.580. The molecule has 1 saturated carbocycles. The van der Waals surface area contributed by atoms with Crippen LogP contribution in [0.25, 0.3) is 0 Å². The Morgan fingerprint density at radius 2 is 2.06 bits per heavy atom. The van der Waals surface area contributed by atoms with Crippen LogP contribution in [-0.2, 0) is 4.79 Å². The van der Waals surface area contributed by atoms with Crippen molar-refractivity contribution in [2.75, 3.05) is 0 Å². The Balaban J connectivity index is 2.45. The number of hydrogen-bond acceptors (Lipinski definition) is 2. The minimum absolute atomic E-state index is 0.0174. The molecule has 2 nitrogen and oxygen atoms in total. The van der Waals surface area contributed by atoms with E-state index in [1.54, 1.807) is 0 Å². The van der Waals surface area contributed by atoms with Gasteiger partial charge in [0.25, 0.3) is 0 Å². The van der Waals surface area contributed by atoms with Crippen molar-refractivity contribution in [1.29, 1.82) is 0 Å². The fourth-order valence-electron chi connectivity index (χ4n) is 2.81. The lowest BCUT2D eigenvalue weighted by Crippen LogP contribution is -2.09. The summed E-state index contributed by atoms with van der Waals surface area (Å²) in [5, 5.41) is 9.88. The van der Waals surface area contributed by atoms with E-state index < -0.39 is 0 Å². The molecule has 0 radical (unpaired) electrons. The van der Waals surface area contributed by atoms with E-state index in [0.717, 1.165) is 49.7 Å². The van der Waals surface area contributed by atoms with Gasteiger partial charge in [-0.25, -0.2) is 0 Å². The third-order valence-electron chi connectivity index (χ3n) is 3.89. The zero-order valence-electron chi connectivity index (χ0n) is 10.7. The van der Waals surface area contributed by atoms with E-state index in [4.69, 9.17) is 0 Å². The lowest BCUT2D eigenvalue weighted by molar-refractivity contribution is -0.114. The van der Waals surface area contributed by atoms with E-state index in [1.165, 1.54) is 5.57 Å². The van der Waals surface area contributed by atoms with Crippen molar-refractivity contribution in [3.05, 3.63) is 28.2 Å². The van der Waals surface area contributed by atoms with Crippen molar-refractivity contribution < 1.29 is 9.90 Å². The van der Waals surface area contributed by atoms with Gasteiger partial charge < -0.3 is 5.11 Å². The third kappa shape index (κ3) is 2.10. The normalized spacial score (nSPS) is 23.8. The van der Waals surface area contributed by atoms with Crippen LogP contribution in [0.3, 0.4) is 0 Å². The summed E-state index contributed by atoms with van der Waals surface area (Å²) in [5.41, 5.74) is 6.14. The largest absolute Gasteiger partial charge is 0.504 e. The molecule has 2 aliphatic carbocycles. The standard InChI is InChI=1S/C15H20O2/c1-3-10(4-2)9-13-11-7-5-6-8-12(11)14(16)15(13)17/h11,16H,3-8H2,1-2H3. The average Bonchev–Trinajstić information content (AvgIpc) is 2.61. The van der Waals surface area contributed by atoms with Crippen LogP contribution in [0.5, 0.6) is 0 Å². The van der Waals surface area contributed by atoms with Gasteiger partial charge in [-0.3, -0.25) is 4.79 Å². The number of allylic oxidation sites excluding steroid dienone is 2. The number of carbonyl (C=O) groups excluding carboxylic acids is 1. The van der Waals surface area contributed by atoms with Gasteiger partial charge in [0.05, 0.1) is 5.57 Å². The summed E-state index contributed by atoms with van der Waals surface area (Å²) in [5.74, 6) is -0.000550. The highest BCUT2D eigenvalue weighted by atomic mass is 16.3. The number of carbonyl (C=O) groups is 1. The molecule has 0 bridgehead atoms. The fourth-order valence-corrected chi connectivity index (χ4v) is 2.81.